The quantitative estimate of drug-likeness (QED) is 0.694. The van der Waals surface area contributed by atoms with E-state index in [-0.39, 0.29) is 5.41 Å². The van der Waals surface area contributed by atoms with E-state index in [1.165, 1.54) is 11.1 Å². The highest BCUT2D eigenvalue weighted by molar-refractivity contribution is 5.46. The Bertz CT molecular complexity index is 369. The van der Waals surface area contributed by atoms with E-state index in [4.69, 9.17) is 5.26 Å². The fourth-order valence-corrected chi connectivity index (χ4v) is 1.84. The number of nitrogens with zero attached hydrogens (tertiary/aromatic N) is 1. The first-order chi connectivity index (χ1) is 6.53. The van der Waals surface area contributed by atoms with Crippen LogP contribution in [-0.2, 0) is 5.41 Å². The molecule has 0 unspecified atom stereocenters. The molecule has 0 heterocycles. The van der Waals surface area contributed by atoms with E-state index in [2.05, 4.69) is 39.8 Å². The molecule has 0 N–H and O–H groups in total. The van der Waals surface area contributed by atoms with E-state index in [0.29, 0.717) is 0 Å². The van der Waals surface area contributed by atoms with E-state index < -0.39 is 0 Å². The molecule has 0 aromatic heterocycles. The Morgan fingerprint density at radius 2 is 2.00 bits per heavy atom. The highest BCUT2D eigenvalue weighted by atomic mass is 14.3. The van der Waals surface area contributed by atoms with Gasteiger partial charge in [-0.1, -0.05) is 32.9 Å². The standard InChI is InChI=1S/C13H17N/c1-5-13(3,4)12-10(2)7-6-8-11(12)9-14/h6-8H,5H2,1-4H3. The minimum atomic E-state index is 0.0937. The van der Waals surface area contributed by atoms with Crippen LogP contribution >= 0.6 is 0 Å². The summed E-state index contributed by atoms with van der Waals surface area (Å²) in [6.45, 7) is 8.62. The van der Waals surface area contributed by atoms with Gasteiger partial charge in [0.05, 0.1) is 11.6 Å². The maximum Gasteiger partial charge on any atom is 0.0994 e. The van der Waals surface area contributed by atoms with E-state index in [1.807, 2.05) is 12.1 Å². The Kier molecular flexibility index (Phi) is 2.96. The second kappa shape index (κ2) is 3.84. The molecule has 0 amide bonds. The highest BCUT2D eigenvalue weighted by Crippen LogP contribution is 2.31. The van der Waals surface area contributed by atoms with Crippen LogP contribution in [0.25, 0.3) is 0 Å². The third-order valence-electron chi connectivity index (χ3n) is 2.95. The molecular weight excluding hydrogens is 170 g/mol. The van der Waals surface area contributed by atoms with Gasteiger partial charge in [0, 0.05) is 0 Å². The van der Waals surface area contributed by atoms with Crippen LogP contribution in [-0.4, -0.2) is 0 Å². The molecule has 1 aromatic rings. The molecular formula is C13H17N. The predicted molar refractivity (Wildman–Crippen MR) is 59.2 cm³/mol. The first-order valence-electron chi connectivity index (χ1n) is 5.03. The van der Waals surface area contributed by atoms with Gasteiger partial charge < -0.3 is 0 Å². The van der Waals surface area contributed by atoms with Crippen molar-refractivity contribution in [1.29, 1.82) is 5.26 Å². The van der Waals surface area contributed by atoms with Crippen molar-refractivity contribution in [3.05, 3.63) is 34.9 Å². The van der Waals surface area contributed by atoms with Crippen molar-refractivity contribution in [3.63, 3.8) is 0 Å². The molecule has 74 valence electrons. The zero-order valence-corrected chi connectivity index (χ0v) is 9.39. The molecule has 0 saturated carbocycles. The van der Waals surface area contributed by atoms with Gasteiger partial charge in [-0.3, -0.25) is 0 Å². The Balaban J connectivity index is 3.40. The van der Waals surface area contributed by atoms with Crippen LogP contribution in [0.5, 0.6) is 0 Å². The number of hydrogen-bond donors (Lipinski definition) is 0. The average Bonchev–Trinajstić information content (AvgIpc) is 2.17. The first-order valence-corrected chi connectivity index (χ1v) is 5.03. The second-order valence-corrected chi connectivity index (χ2v) is 4.35. The molecule has 1 rings (SSSR count). The van der Waals surface area contributed by atoms with Crippen molar-refractivity contribution < 1.29 is 0 Å². The molecule has 1 nitrogen and oxygen atoms in total. The molecule has 0 saturated heterocycles. The van der Waals surface area contributed by atoms with Crippen LogP contribution in [0.4, 0.5) is 0 Å². The summed E-state index contributed by atoms with van der Waals surface area (Å²) in [6.07, 6.45) is 1.05. The van der Waals surface area contributed by atoms with Gasteiger partial charge >= 0.3 is 0 Å². The number of aryl methyl sites for hydroxylation is 1. The van der Waals surface area contributed by atoms with Crippen LogP contribution in [0.3, 0.4) is 0 Å². The van der Waals surface area contributed by atoms with E-state index in [9.17, 15) is 0 Å². The summed E-state index contributed by atoms with van der Waals surface area (Å²) in [5, 5.41) is 9.05. The third-order valence-corrected chi connectivity index (χ3v) is 2.95. The molecule has 14 heavy (non-hydrogen) atoms. The lowest BCUT2D eigenvalue weighted by Gasteiger charge is -2.26. The Morgan fingerprint density at radius 1 is 1.36 bits per heavy atom. The maximum absolute atomic E-state index is 9.05. The van der Waals surface area contributed by atoms with Gasteiger partial charge in [-0.2, -0.15) is 5.26 Å². The Morgan fingerprint density at radius 3 is 2.50 bits per heavy atom. The van der Waals surface area contributed by atoms with Gasteiger partial charge in [0.2, 0.25) is 0 Å². The minimum Gasteiger partial charge on any atom is -0.192 e. The fourth-order valence-electron chi connectivity index (χ4n) is 1.84. The molecule has 1 aromatic carbocycles. The number of hydrogen-bond acceptors (Lipinski definition) is 1. The summed E-state index contributed by atoms with van der Waals surface area (Å²) < 4.78 is 0. The molecule has 0 aliphatic carbocycles. The van der Waals surface area contributed by atoms with Crippen LogP contribution in [0.2, 0.25) is 0 Å². The van der Waals surface area contributed by atoms with Crippen molar-refractivity contribution in [3.8, 4) is 6.07 Å². The molecule has 0 bridgehead atoms. The smallest absolute Gasteiger partial charge is 0.0994 e. The van der Waals surface area contributed by atoms with Crippen LogP contribution in [0.1, 0.15) is 43.9 Å². The van der Waals surface area contributed by atoms with E-state index >= 15 is 0 Å². The number of benzene rings is 1. The zero-order chi connectivity index (χ0) is 10.8. The summed E-state index contributed by atoms with van der Waals surface area (Å²) in [7, 11) is 0. The molecule has 0 atom stereocenters. The van der Waals surface area contributed by atoms with Crippen molar-refractivity contribution in [2.75, 3.05) is 0 Å². The summed E-state index contributed by atoms with van der Waals surface area (Å²) in [6, 6.07) is 8.20. The zero-order valence-electron chi connectivity index (χ0n) is 9.39. The molecule has 0 radical (unpaired) electrons. The van der Waals surface area contributed by atoms with Gasteiger partial charge in [-0.05, 0) is 36.0 Å². The second-order valence-electron chi connectivity index (χ2n) is 4.35. The molecule has 0 aliphatic rings. The molecule has 0 spiro atoms. The monoisotopic (exact) mass is 187 g/mol. The maximum atomic E-state index is 9.05. The number of nitriles is 1. The van der Waals surface area contributed by atoms with Gasteiger partial charge in [0.15, 0.2) is 0 Å². The van der Waals surface area contributed by atoms with Crippen LogP contribution < -0.4 is 0 Å². The van der Waals surface area contributed by atoms with Crippen molar-refractivity contribution >= 4 is 0 Å². The summed E-state index contributed by atoms with van der Waals surface area (Å²) in [5.41, 5.74) is 3.33. The topological polar surface area (TPSA) is 23.8 Å². The van der Waals surface area contributed by atoms with Crippen molar-refractivity contribution in [1.82, 2.24) is 0 Å². The van der Waals surface area contributed by atoms with Crippen molar-refractivity contribution in [2.24, 2.45) is 0 Å². The molecule has 0 fully saturated rings. The first kappa shape index (κ1) is 10.8. The lowest BCUT2D eigenvalue weighted by atomic mass is 9.77. The Labute approximate surface area is 86.4 Å². The lowest BCUT2D eigenvalue weighted by molar-refractivity contribution is 0.502. The fraction of sp³-hybridized carbons (Fsp3) is 0.462. The average molecular weight is 187 g/mol. The summed E-state index contributed by atoms with van der Waals surface area (Å²) in [4.78, 5) is 0. The molecule has 1 heteroatoms. The largest absolute Gasteiger partial charge is 0.192 e. The predicted octanol–water partition coefficient (Wildman–Crippen LogP) is 3.55. The van der Waals surface area contributed by atoms with E-state index in [1.54, 1.807) is 0 Å². The van der Waals surface area contributed by atoms with Gasteiger partial charge in [0.25, 0.3) is 0 Å². The van der Waals surface area contributed by atoms with Crippen LogP contribution in [0.15, 0.2) is 18.2 Å². The third kappa shape index (κ3) is 1.80. The van der Waals surface area contributed by atoms with Gasteiger partial charge in [-0.15, -0.1) is 0 Å². The molecule has 0 aliphatic heterocycles. The number of rotatable bonds is 2. The van der Waals surface area contributed by atoms with Gasteiger partial charge in [-0.25, -0.2) is 0 Å². The highest BCUT2D eigenvalue weighted by Gasteiger charge is 2.23. The van der Waals surface area contributed by atoms with Crippen LogP contribution in [0, 0.1) is 18.3 Å². The van der Waals surface area contributed by atoms with E-state index in [0.717, 1.165) is 12.0 Å². The Hall–Kier alpha value is -1.29. The lowest BCUT2D eigenvalue weighted by Crippen LogP contribution is -2.18. The normalized spacial score (nSPS) is 11.1. The van der Waals surface area contributed by atoms with Gasteiger partial charge in [0.1, 0.15) is 0 Å². The minimum absolute atomic E-state index is 0.0937. The van der Waals surface area contributed by atoms with Crippen molar-refractivity contribution in [2.45, 2.75) is 39.5 Å². The SMILES string of the molecule is CCC(C)(C)c1c(C)cccc1C#N. The summed E-state index contributed by atoms with van der Waals surface area (Å²) in [5.74, 6) is 0. The summed E-state index contributed by atoms with van der Waals surface area (Å²) >= 11 is 0.